The first-order chi connectivity index (χ1) is 7.69. The van der Waals surface area contributed by atoms with E-state index in [1.165, 1.54) is 0 Å². The van der Waals surface area contributed by atoms with Gasteiger partial charge in [0.1, 0.15) is 6.07 Å². The molecule has 16 heavy (non-hydrogen) atoms. The van der Waals surface area contributed by atoms with Gasteiger partial charge in [0.2, 0.25) is 0 Å². The van der Waals surface area contributed by atoms with E-state index in [1.54, 1.807) is 13.2 Å². The lowest BCUT2D eigenvalue weighted by Crippen LogP contribution is -2.20. The first-order valence-corrected chi connectivity index (χ1v) is 5.18. The molecule has 0 saturated heterocycles. The van der Waals surface area contributed by atoms with E-state index >= 15 is 0 Å². The van der Waals surface area contributed by atoms with Gasteiger partial charge >= 0.3 is 0 Å². The molecule has 0 radical (unpaired) electrons. The Morgan fingerprint density at radius 2 is 2.25 bits per heavy atom. The van der Waals surface area contributed by atoms with E-state index in [0.29, 0.717) is 11.3 Å². The number of nitrogen functional groups attached to an aromatic ring is 1. The highest BCUT2D eigenvalue weighted by Gasteiger charge is 2.07. The predicted octanol–water partition coefficient (Wildman–Crippen LogP) is 1.61. The lowest BCUT2D eigenvalue weighted by molar-refractivity contribution is 0.196. The normalized spacial score (nSPS) is 9.81. The van der Waals surface area contributed by atoms with Crippen LogP contribution in [0.4, 0.5) is 11.4 Å². The van der Waals surface area contributed by atoms with Crippen LogP contribution in [0.5, 0.6) is 0 Å². The highest BCUT2D eigenvalue weighted by atomic mass is 16.5. The molecule has 1 aromatic rings. The minimum atomic E-state index is 0.611. The Hall–Kier alpha value is -1.73. The summed E-state index contributed by atoms with van der Waals surface area (Å²) in [6.45, 7) is 1.58. The van der Waals surface area contributed by atoms with Crippen molar-refractivity contribution in [1.29, 1.82) is 5.26 Å². The molecule has 0 bridgehead atoms. The van der Waals surface area contributed by atoms with E-state index in [2.05, 4.69) is 6.07 Å². The fourth-order valence-corrected chi connectivity index (χ4v) is 1.54. The van der Waals surface area contributed by atoms with E-state index in [4.69, 9.17) is 15.7 Å². The van der Waals surface area contributed by atoms with Crippen molar-refractivity contribution in [1.82, 2.24) is 0 Å². The summed E-state index contributed by atoms with van der Waals surface area (Å²) in [5.41, 5.74) is 7.77. The fourth-order valence-electron chi connectivity index (χ4n) is 1.54. The van der Waals surface area contributed by atoms with Crippen LogP contribution in [0.15, 0.2) is 18.2 Å². The van der Waals surface area contributed by atoms with E-state index in [9.17, 15) is 0 Å². The van der Waals surface area contributed by atoms with Crippen LogP contribution in [0.3, 0.4) is 0 Å². The number of nitrogens with zero attached hydrogens (tertiary/aromatic N) is 2. The fraction of sp³-hybridized carbons (Fsp3) is 0.417. The van der Waals surface area contributed by atoms with Gasteiger partial charge in [0, 0.05) is 33.0 Å². The summed E-state index contributed by atoms with van der Waals surface area (Å²) >= 11 is 0. The van der Waals surface area contributed by atoms with Crippen LogP contribution < -0.4 is 10.6 Å². The molecule has 0 aliphatic rings. The molecule has 0 fully saturated rings. The van der Waals surface area contributed by atoms with E-state index in [-0.39, 0.29) is 0 Å². The van der Waals surface area contributed by atoms with Crippen LogP contribution in [0, 0.1) is 11.3 Å². The van der Waals surface area contributed by atoms with E-state index in [1.807, 2.05) is 24.1 Å². The molecule has 2 N–H and O–H groups in total. The highest BCUT2D eigenvalue weighted by Crippen LogP contribution is 2.21. The molecule has 0 aromatic heterocycles. The quantitative estimate of drug-likeness (QED) is 0.603. The Morgan fingerprint density at radius 3 is 2.88 bits per heavy atom. The van der Waals surface area contributed by atoms with E-state index in [0.717, 1.165) is 25.3 Å². The summed E-state index contributed by atoms with van der Waals surface area (Å²) in [4.78, 5) is 2.04. The van der Waals surface area contributed by atoms with Crippen molar-refractivity contribution >= 4 is 11.4 Å². The van der Waals surface area contributed by atoms with Gasteiger partial charge in [-0.3, -0.25) is 0 Å². The SMILES string of the molecule is COCCCN(C)c1ccc(N)cc1C#N. The van der Waals surface area contributed by atoms with E-state index < -0.39 is 0 Å². The van der Waals surface area contributed by atoms with Crippen molar-refractivity contribution < 1.29 is 4.74 Å². The third-order valence-electron chi connectivity index (χ3n) is 2.39. The average Bonchev–Trinajstić information content (AvgIpc) is 2.29. The third kappa shape index (κ3) is 3.14. The number of anilines is 2. The topological polar surface area (TPSA) is 62.3 Å². The molecule has 0 aliphatic carbocycles. The van der Waals surface area contributed by atoms with Crippen molar-refractivity contribution in [2.24, 2.45) is 0 Å². The summed E-state index contributed by atoms with van der Waals surface area (Å²) in [6, 6.07) is 7.54. The minimum absolute atomic E-state index is 0.611. The van der Waals surface area contributed by atoms with Crippen LogP contribution >= 0.6 is 0 Å². The maximum Gasteiger partial charge on any atom is 0.101 e. The molecule has 0 amide bonds. The van der Waals surface area contributed by atoms with Gasteiger partial charge in [-0.1, -0.05) is 0 Å². The second-order valence-electron chi connectivity index (χ2n) is 3.66. The molecule has 1 aromatic carbocycles. The number of hydrogen-bond acceptors (Lipinski definition) is 4. The molecule has 86 valence electrons. The van der Waals surface area contributed by atoms with Gasteiger partial charge in [-0.15, -0.1) is 0 Å². The lowest BCUT2D eigenvalue weighted by Gasteiger charge is -2.20. The van der Waals surface area contributed by atoms with Gasteiger partial charge < -0.3 is 15.4 Å². The largest absolute Gasteiger partial charge is 0.399 e. The molecule has 0 atom stereocenters. The van der Waals surface area contributed by atoms with Gasteiger partial charge in [-0.25, -0.2) is 0 Å². The number of ether oxygens (including phenoxy) is 1. The van der Waals surface area contributed by atoms with Crippen molar-refractivity contribution in [3.63, 3.8) is 0 Å². The first-order valence-electron chi connectivity index (χ1n) is 5.18. The second kappa shape index (κ2) is 5.99. The minimum Gasteiger partial charge on any atom is -0.399 e. The van der Waals surface area contributed by atoms with Crippen molar-refractivity contribution in [2.75, 3.05) is 37.9 Å². The smallest absolute Gasteiger partial charge is 0.101 e. The summed E-state index contributed by atoms with van der Waals surface area (Å²) in [5.74, 6) is 0. The molecular weight excluding hydrogens is 202 g/mol. The molecule has 0 unspecified atom stereocenters. The Labute approximate surface area is 96.2 Å². The number of hydrogen-bond donors (Lipinski definition) is 1. The van der Waals surface area contributed by atoms with Crippen LogP contribution in [0.2, 0.25) is 0 Å². The Kier molecular flexibility index (Phi) is 4.62. The molecule has 4 heteroatoms. The first kappa shape index (κ1) is 12.3. The Bertz CT molecular complexity index is 384. The Balaban J connectivity index is 2.75. The summed E-state index contributed by atoms with van der Waals surface area (Å²) in [6.07, 6.45) is 0.933. The van der Waals surface area contributed by atoms with Crippen molar-refractivity contribution in [2.45, 2.75) is 6.42 Å². The molecule has 4 nitrogen and oxygen atoms in total. The molecule has 1 rings (SSSR count). The zero-order valence-corrected chi connectivity index (χ0v) is 9.73. The van der Waals surface area contributed by atoms with Gasteiger partial charge in [-0.05, 0) is 24.6 Å². The maximum atomic E-state index is 9.01. The molecule has 0 saturated carbocycles. The van der Waals surface area contributed by atoms with Crippen LogP contribution in [-0.2, 0) is 4.74 Å². The zero-order chi connectivity index (χ0) is 12.0. The van der Waals surface area contributed by atoms with Crippen LogP contribution in [-0.4, -0.2) is 27.3 Å². The summed E-state index contributed by atoms with van der Waals surface area (Å²) < 4.78 is 4.99. The third-order valence-corrected chi connectivity index (χ3v) is 2.39. The number of nitriles is 1. The monoisotopic (exact) mass is 219 g/mol. The predicted molar refractivity (Wildman–Crippen MR) is 65.3 cm³/mol. The van der Waals surface area contributed by atoms with Gasteiger partial charge in [0.05, 0.1) is 11.3 Å². The van der Waals surface area contributed by atoms with Gasteiger partial charge in [-0.2, -0.15) is 5.26 Å². The summed E-state index contributed by atoms with van der Waals surface area (Å²) in [5, 5.41) is 9.01. The molecule has 0 spiro atoms. The number of benzene rings is 1. The average molecular weight is 219 g/mol. The lowest BCUT2D eigenvalue weighted by atomic mass is 10.1. The molecular formula is C12H17N3O. The molecule has 0 heterocycles. The second-order valence-corrected chi connectivity index (χ2v) is 3.66. The van der Waals surface area contributed by atoms with Gasteiger partial charge in [0.25, 0.3) is 0 Å². The zero-order valence-electron chi connectivity index (χ0n) is 9.73. The highest BCUT2D eigenvalue weighted by molar-refractivity contribution is 5.63. The number of nitrogens with two attached hydrogens (primary N) is 1. The van der Waals surface area contributed by atoms with Crippen LogP contribution in [0.25, 0.3) is 0 Å². The molecule has 0 aliphatic heterocycles. The van der Waals surface area contributed by atoms with Crippen molar-refractivity contribution in [3.05, 3.63) is 23.8 Å². The maximum absolute atomic E-state index is 9.01. The standard InChI is InChI=1S/C12H17N3O/c1-15(6-3-7-16-2)12-5-4-11(14)8-10(12)9-13/h4-5,8H,3,6-7,14H2,1-2H3. The number of methoxy groups -OCH3 is 1. The Morgan fingerprint density at radius 1 is 1.50 bits per heavy atom. The van der Waals surface area contributed by atoms with Crippen molar-refractivity contribution in [3.8, 4) is 6.07 Å². The summed E-state index contributed by atoms with van der Waals surface area (Å²) in [7, 11) is 3.64. The number of rotatable bonds is 5. The van der Waals surface area contributed by atoms with Crippen LogP contribution in [0.1, 0.15) is 12.0 Å². The van der Waals surface area contributed by atoms with Gasteiger partial charge in [0.15, 0.2) is 0 Å².